The highest BCUT2D eigenvalue weighted by Crippen LogP contribution is 2.29. The molecular formula is C17H17N3O2. The second-order valence-electron chi connectivity index (χ2n) is 5.31. The van der Waals surface area contributed by atoms with Crippen molar-refractivity contribution in [2.45, 2.75) is 20.0 Å². The summed E-state index contributed by atoms with van der Waals surface area (Å²) in [6, 6.07) is 14.6. The summed E-state index contributed by atoms with van der Waals surface area (Å²) in [6.45, 7) is 3.96. The fourth-order valence-corrected chi connectivity index (χ4v) is 2.41. The molecule has 3 rings (SSSR count). The summed E-state index contributed by atoms with van der Waals surface area (Å²) < 4.78 is 6.86. The number of amides is 1. The molecule has 1 aromatic heterocycles. The first-order valence-electron chi connectivity index (χ1n) is 7.11. The van der Waals surface area contributed by atoms with Gasteiger partial charge in [-0.1, -0.05) is 18.2 Å². The molecule has 1 heterocycles. The van der Waals surface area contributed by atoms with Gasteiger partial charge in [-0.25, -0.2) is 4.79 Å². The predicted octanol–water partition coefficient (Wildman–Crippen LogP) is 3.42. The standard InChI is InChI=1S/C17H17N3O2/c1-11(2)22-13-9-7-12(8-10-13)16-14-5-3-4-6-15(14)20(19-16)17(18)21/h3-11H,1-2H3,(H2,18,21). The molecule has 1 amide bonds. The van der Waals surface area contributed by atoms with Gasteiger partial charge in [-0.05, 0) is 44.2 Å². The number of hydrogen-bond donors (Lipinski definition) is 1. The molecule has 0 atom stereocenters. The van der Waals surface area contributed by atoms with E-state index in [4.69, 9.17) is 10.5 Å². The highest BCUT2D eigenvalue weighted by atomic mass is 16.5. The normalized spacial score (nSPS) is 11.0. The topological polar surface area (TPSA) is 70.1 Å². The molecule has 0 saturated heterocycles. The minimum Gasteiger partial charge on any atom is -0.491 e. The zero-order chi connectivity index (χ0) is 15.7. The van der Waals surface area contributed by atoms with Gasteiger partial charge >= 0.3 is 6.03 Å². The van der Waals surface area contributed by atoms with Crippen LogP contribution in [0.1, 0.15) is 13.8 Å². The molecule has 0 radical (unpaired) electrons. The smallest absolute Gasteiger partial charge is 0.340 e. The van der Waals surface area contributed by atoms with Crippen molar-refractivity contribution in [1.29, 1.82) is 0 Å². The number of primary amides is 1. The molecule has 2 N–H and O–H groups in total. The van der Waals surface area contributed by atoms with Crippen molar-refractivity contribution in [3.05, 3.63) is 48.5 Å². The second-order valence-corrected chi connectivity index (χ2v) is 5.31. The summed E-state index contributed by atoms with van der Waals surface area (Å²) in [7, 11) is 0. The van der Waals surface area contributed by atoms with E-state index in [0.29, 0.717) is 5.52 Å². The van der Waals surface area contributed by atoms with Crippen LogP contribution in [-0.2, 0) is 0 Å². The Hall–Kier alpha value is -2.82. The third-order valence-corrected chi connectivity index (χ3v) is 3.30. The fourth-order valence-electron chi connectivity index (χ4n) is 2.41. The maximum Gasteiger partial charge on any atom is 0.340 e. The number of carbonyl (C=O) groups excluding carboxylic acids is 1. The first kappa shape index (κ1) is 14.1. The van der Waals surface area contributed by atoms with E-state index in [-0.39, 0.29) is 6.10 Å². The minimum atomic E-state index is -0.595. The van der Waals surface area contributed by atoms with Crippen LogP contribution in [0.2, 0.25) is 0 Å². The Morgan fingerprint density at radius 3 is 2.45 bits per heavy atom. The van der Waals surface area contributed by atoms with Gasteiger partial charge in [-0.15, -0.1) is 0 Å². The Morgan fingerprint density at radius 1 is 1.14 bits per heavy atom. The number of aromatic nitrogens is 2. The van der Waals surface area contributed by atoms with Gasteiger partial charge in [0.2, 0.25) is 0 Å². The quantitative estimate of drug-likeness (QED) is 0.805. The van der Waals surface area contributed by atoms with Crippen LogP contribution in [0.3, 0.4) is 0 Å². The zero-order valence-corrected chi connectivity index (χ0v) is 12.5. The first-order chi connectivity index (χ1) is 10.6. The monoisotopic (exact) mass is 295 g/mol. The van der Waals surface area contributed by atoms with Crippen molar-refractivity contribution < 1.29 is 9.53 Å². The molecule has 3 aromatic rings. The predicted molar refractivity (Wildman–Crippen MR) is 85.9 cm³/mol. The lowest BCUT2D eigenvalue weighted by atomic mass is 10.1. The number of benzene rings is 2. The number of ether oxygens (including phenoxy) is 1. The van der Waals surface area contributed by atoms with E-state index >= 15 is 0 Å². The van der Waals surface area contributed by atoms with Crippen LogP contribution in [0.5, 0.6) is 5.75 Å². The second kappa shape index (κ2) is 5.52. The minimum absolute atomic E-state index is 0.126. The van der Waals surface area contributed by atoms with Crippen molar-refractivity contribution in [3.8, 4) is 17.0 Å². The third-order valence-electron chi connectivity index (χ3n) is 3.30. The lowest BCUT2D eigenvalue weighted by molar-refractivity contribution is 0.242. The van der Waals surface area contributed by atoms with E-state index < -0.39 is 6.03 Å². The number of nitrogens with two attached hydrogens (primary N) is 1. The number of hydrogen-bond acceptors (Lipinski definition) is 3. The van der Waals surface area contributed by atoms with E-state index in [1.165, 1.54) is 4.68 Å². The molecule has 5 heteroatoms. The first-order valence-corrected chi connectivity index (χ1v) is 7.11. The van der Waals surface area contributed by atoms with Gasteiger partial charge in [0, 0.05) is 10.9 Å². The molecule has 0 aliphatic rings. The molecule has 0 unspecified atom stereocenters. The van der Waals surface area contributed by atoms with Crippen LogP contribution in [-0.4, -0.2) is 21.9 Å². The summed E-state index contributed by atoms with van der Waals surface area (Å²) in [5.41, 5.74) is 7.73. The maximum atomic E-state index is 11.5. The number of fused-ring (bicyclic) bond motifs is 1. The highest BCUT2D eigenvalue weighted by Gasteiger charge is 2.14. The molecule has 0 aliphatic heterocycles. The fraction of sp³-hybridized carbons (Fsp3) is 0.176. The summed E-state index contributed by atoms with van der Waals surface area (Å²) in [5, 5.41) is 5.24. The van der Waals surface area contributed by atoms with Crippen molar-refractivity contribution >= 4 is 16.9 Å². The Balaban J connectivity index is 2.08. The lowest BCUT2D eigenvalue weighted by Crippen LogP contribution is -2.20. The number of rotatable bonds is 3. The van der Waals surface area contributed by atoms with E-state index in [2.05, 4.69) is 5.10 Å². The van der Waals surface area contributed by atoms with Crippen LogP contribution in [0.4, 0.5) is 4.79 Å². The van der Waals surface area contributed by atoms with E-state index in [0.717, 1.165) is 22.4 Å². The summed E-state index contributed by atoms with van der Waals surface area (Å²) in [6.07, 6.45) is 0.126. The Labute approximate surface area is 128 Å². The SMILES string of the molecule is CC(C)Oc1ccc(-c2nn(C(N)=O)c3ccccc23)cc1. The zero-order valence-electron chi connectivity index (χ0n) is 12.5. The number of para-hydroxylation sites is 1. The third kappa shape index (κ3) is 2.53. The van der Waals surface area contributed by atoms with Crippen LogP contribution in [0, 0.1) is 0 Å². The van der Waals surface area contributed by atoms with E-state index in [1.807, 2.05) is 62.4 Å². The molecule has 0 bridgehead atoms. The molecule has 0 spiro atoms. The van der Waals surface area contributed by atoms with Crippen molar-refractivity contribution in [2.75, 3.05) is 0 Å². The van der Waals surface area contributed by atoms with Crippen molar-refractivity contribution in [1.82, 2.24) is 9.78 Å². The molecule has 112 valence electrons. The Bertz CT molecular complexity index is 820. The van der Waals surface area contributed by atoms with Gasteiger partial charge in [0.15, 0.2) is 0 Å². The van der Waals surface area contributed by atoms with Gasteiger partial charge in [0.25, 0.3) is 0 Å². The van der Waals surface area contributed by atoms with Crippen molar-refractivity contribution in [3.63, 3.8) is 0 Å². The average Bonchev–Trinajstić information content (AvgIpc) is 2.87. The highest BCUT2D eigenvalue weighted by molar-refractivity contribution is 5.98. The molecule has 0 saturated carbocycles. The van der Waals surface area contributed by atoms with Crippen LogP contribution in [0.25, 0.3) is 22.2 Å². The number of nitrogens with zero attached hydrogens (tertiary/aromatic N) is 2. The summed E-state index contributed by atoms with van der Waals surface area (Å²) in [5.74, 6) is 0.803. The van der Waals surface area contributed by atoms with Crippen LogP contribution < -0.4 is 10.5 Å². The van der Waals surface area contributed by atoms with Crippen LogP contribution in [0.15, 0.2) is 48.5 Å². The summed E-state index contributed by atoms with van der Waals surface area (Å²) in [4.78, 5) is 11.5. The molecule has 5 nitrogen and oxygen atoms in total. The van der Waals surface area contributed by atoms with Gasteiger partial charge in [0.05, 0.1) is 11.6 Å². The average molecular weight is 295 g/mol. The molecular weight excluding hydrogens is 278 g/mol. The van der Waals surface area contributed by atoms with Gasteiger partial charge < -0.3 is 10.5 Å². The van der Waals surface area contributed by atoms with E-state index in [9.17, 15) is 4.79 Å². The number of carbonyl (C=O) groups is 1. The Kier molecular flexibility index (Phi) is 3.55. The molecule has 2 aromatic carbocycles. The lowest BCUT2D eigenvalue weighted by Gasteiger charge is -2.09. The van der Waals surface area contributed by atoms with Gasteiger partial charge in [-0.3, -0.25) is 0 Å². The molecule has 0 aliphatic carbocycles. The summed E-state index contributed by atoms with van der Waals surface area (Å²) >= 11 is 0. The van der Waals surface area contributed by atoms with Gasteiger partial charge in [0.1, 0.15) is 11.4 Å². The molecule has 0 fully saturated rings. The van der Waals surface area contributed by atoms with Crippen LogP contribution >= 0.6 is 0 Å². The van der Waals surface area contributed by atoms with E-state index in [1.54, 1.807) is 0 Å². The molecule has 22 heavy (non-hydrogen) atoms. The Morgan fingerprint density at radius 2 is 1.82 bits per heavy atom. The maximum absolute atomic E-state index is 11.5. The van der Waals surface area contributed by atoms with Crippen molar-refractivity contribution in [2.24, 2.45) is 5.73 Å². The largest absolute Gasteiger partial charge is 0.491 e. The van der Waals surface area contributed by atoms with Gasteiger partial charge in [-0.2, -0.15) is 9.78 Å².